The first-order valence-corrected chi connectivity index (χ1v) is 8.15. The zero-order valence-electron chi connectivity index (χ0n) is 11.7. The summed E-state index contributed by atoms with van der Waals surface area (Å²) < 4.78 is 2.17. The Morgan fingerprint density at radius 1 is 1.33 bits per heavy atom. The molecule has 2 heterocycles. The number of aromatic nitrogens is 2. The monoisotopic (exact) mass is 317 g/mol. The third kappa shape index (κ3) is 2.87. The summed E-state index contributed by atoms with van der Waals surface area (Å²) in [6.07, 6.45) is 5.52. The Morgan fingerprint density at radius 3 is 2.95 bits per heavy atom. The van der Waals surface area contributed by atoms with Crippen molar-refractivity contribution in [3.63, 3.8) is 0 Å². The van der Waals surface area contributed by atoms with E-state index >= 15 is 0 Å². The molecule has 3 rings (SSSR count). The molecule has 0 amide bonds. The van der Waals surface area contributed by atoms with Crippen molar-refractivity contribution in [2.24, 2.45) is 0 Å². The molecule has 21 heavy (non-hydrogen) atoms. The highest BCUT2D eigenvalue weighted by atomic mass is 35.5. The van der Waals surface area contributed by atoms with E-state index in [0.717, 1.165) is 22.5 Å². The summed E-state index contributed by atoms with van der Waals surface area (Å²) in [5.74, 6) is 1.03. The van der Waals surface area contributed by atoms with Gasteiger partial charge in [0.1, 0.15) is 0 Å². The van der Waals surface area contributed by atoms with Gasteiger partial charge in [0.25, 0.3) is 0 Å². The van der Waals surface area contributed by atoms with E-state index in [-0.39, 0.29) is 0 Å². The fourth-order valence-electron chi connectivity index (χ4n) is 2.41. The molecular formula is C16H16ClN3S. The van der Waals surface area contributed by atoms with Gasteiger partial charge in [-0.2, -0.15) is 0 Å². The van der Waals surface area contributed by atoms with Gasteiger partial charge in [-0.3, -0.25) is 4.98 Å². The molecule has 0 spiro atoms. The van der Waals surface area contributed by atoms with Gasteiger partial charge in [0.05, 0.1) is 10.5 Å². The normalized spacial score (nSPS) is 11.1. The maximum atomic E-state index is 6.20. The van der Waals surface area contributed by atoms with Crippen LogP contribution in [0.1, 0.15) is 12.5 Å². The van der Waals surface area contributed by atoms with Gasteiger partial charge in [-0.15, -0.1) is 11.8 Å². The Bertz CT molecular complexity index is 782. The quantitative estimate of drug-likeness (QED) is 0.572. The maximum Gasteiger partial charge on any atom is 0.0639 e. The van der Waals surface area contributed by atoms with Crippen molar-refractivity contribution < 1.29 is 0 Å². The molecule has 5 heteroatoms. The van der Waals surface area contributed by atoms with Crippen molar-refractivity contribution in [2.75, 3.05) is 11.5 Å². The molecule has 108 valence electrons. The van der Waals surface area contributed by atoms with Crippen molar-refractivity contribution >= 4 is 40.0 Å². The standard InChI is InChI=1S/C16H16ClN3S/c1-2-21-16-8-12(18)7-15-13(16)4-6-20(15)10-11-3-5-19-9-14(11)17/h3-9H,2,10,18H2,1H3. The molecule has 0 aliphatic carbocycles. The fraction of sp³-hybridized carbons (Fsp3) is 0.188. The van der Waals surface area contributed by atoms with Gasteiger partial charge in [0.15, 0.2) is 0 Å². The number of hydrogen-bond acceptors (Lipinski definition) is 3. The Hall–Kier alpha value is -1.65. The zero-order valence-corrected chi connectivity index (χ0v) is 13.3. The lowest BCUT2D eigenvalue weighted by Crippen LogP contribution is -1.99. The van der Waals surface area contributed by atoms with Gasteiger partial charge < -0.3 is 10.3 Å². The number of nitrogens with two attached hydrogens (primary N) is 1. The second kappa shape index (κ2) is 6.00. The van der Waals surface area contributed by atoms with Crippen LogP contribution in [-0.4, -0.2) is 15.3 Å². The molecule has 0 unspecified atom stereocenters. The molecule has 0 fully saturated rings. The van der Waals surface area contributed by atoms with E-state index in [1.807, 2.05) is 30.0 Å². The van der Waals surface area contributed by atoms with E-state index < -0.39 is 0 Å². The van der Waals surface area contributed by atoms with Crippen LogP contribution >= 0.6 is 23.4 Å². The van der Waals surface area contributed by atoms with Crippen LogP contribution in [0, 0.1) is 0 Å². The highest BCUT2D eigenvalue weighted by Gasteiger charge is 2.09. The predicted molar refractivity (Wildman–Crippen MR) is 91.1 cm³/mol. The first kappa shape index (κ1) is 14.3. The third-order valence-corrected chi connectivity index (χ3v) is 4.65. The first-order chi connectivity index (χ1) is 10.2. The largest absolute Gasteiger partial charge is 0.399 e. The Labute approximate surface area is 133 Å². The van der Waals surface area contributed by atoms with Gasteiger partial charge in [-0.25, -0.2) is 0 Å². The van der Waals surface area contributed by atoms with Crippen molar-refractivity contribution in [3.05, 3.63) is 53.4 Å². The minimum atomic E-state index is 0.686. The minimum absolute atomic E-state index is 0.686. The van der Waals surface area contributed by atoms with Gasteiger partial charge >= 0.3 is 0 Å². The van der Waals surface area contributed by atoms with E-state index in [2.05, 4.69) is 28.7 Å². The fourth-order valence-corrected chi connectivity index (χ4v) is 3.45. The third-order valence-electron chi connectivity index (χ3n) is 3.37. The lowest BCUT2D eigenvalue weighted by atomic mass is 10.2. The minimum Gasteiger partial charge on any atom is -0.399 e. The number of benzene rings is 1. The summed E-state index contributed by atoms with van der Waals surface area (Å²) in [5.41, 5.74) is 9.02. The summed E-state index contributed by atoms with van der Waals surface area (Å²) >= 11 is 8.01. The van der Waals surface area contributed by atoms with Crippen molar-refractivity contribution in [1.82, 2.24) is 9.55 Å². The molecule has 2 aromatic heterocycles. The molecule has 0 atom stereocenters. The predicted octanol–water partition coefficient (Wildman–Crippen LogP) is 4.43. The van der Waals surface area contributed by atoms with E-state index in [1.165, 1.54) is 10.3 Å². The number of thioether (sulfide) groups is 1. The molecule has 3 nitrogen and oxygen atoms in total. The topological polar surface area (TPSA) is 43.8 Å². The zero-order chi connectivity index (χ0) is 14.8. The molecule has 0 aliphatic heterocycles. The highest BCUT2D eigenvalue weighted by Crippen LogP contribution is 2.32. The average molecular weight is 318 g/mol. The van der Waals surface area contributed by atoms with Crippen molar-refractivity contribution in [1.29, 1.82) is 0 Å². The SMILES string of the molecule is CCSc1cc(N)cc2c1ccn2Cc1ccncc1Cl. The van der Waals surface area contributed by atoms with Crippen LogP contribution < -0.4 is 5.73 Å². The van der Waals surface area contributed by atoms with Crippen LogP contribution in [0.3, 0.4) is 0 Å². The Balaban J connectivity index is 2.06. The van der Waals surface area contributed by atoms with Crippen molar-refractivity contribution in [2.45, 2.75) is 18.4 Å². The van der Waals surface area contributed by atoms with Crippen LogP contribution in [0.4, 0.5) is 5.69 Å². The molecule has 3 aromatic rings. The van der Waals surface area contributed by atoms with Crippen LogP contribution in [0.2, 0.25) is 5.02 Å². The number of rotatable bonds is 4. The molecule has 0 bridgehead atoms. The number of nitrogens with zero attached hydrogens (tertiary/aromatic N) is 2. The van der Waals surface area contributed by atoms with E-state index in [4.69, 9.17) is 17.3 Å². The first-order valence-electron chi connectivity index (χ1n) is 6.78. The summed E-state index contributed by atoms with van der Waals surface area (Å²) in [7, 11) is 0. The van der Waals surface area contributed by atoms with Crippen LogP contribution in [0.15, 0.2) is 47.8 Å². The van der Waals surface area contributed by atoms with E-state index in [1.54, 1.807) is 12.4 Å². The van der Waals surface area contributed by atoms with Crippen molar-refractivity contribution in [3.8, 4) is 0 Å². The number of pyridine rings is 1. The summed E-state index contributed by atoms with van der Waals surface area (Å²) in [6.45, 7) is 2.86. The van der Waals surface area contributed by atoms with E-state index in [0.29, 0.717) is 11.6 Å². The Morgan fingerprint density at radius 2 is 2.19 bits per heavy atom. The lowest BCUT2D eigenvalue weighted by Gasteiger charge is -2.09. The molecule has 0 saturated carbocycles. The molecule has 0 aliphatic rings. The van der Waals surface area contributed by atoms with Gasteiger partial charge in [-0.05, 0) is 35.6 Å². The van der Waals surface area contributed by atoms with Gasteiger partial charge in [0.2, 0.25) is 0 Å². The van der Waals surface area contributed by atoms with E-state index in [9.17, 15) is 0 Å². The number of fused-ring (bicyclic) bond motifs is 1. The molecule has 0 saturated heterocycles. The summed E-state index contributed by atoms with van der Waals surface area (Å²) in [4.78, 5) is 5.25. The molecule has 1 aromatic carbocycles. The second-order valence-electron chi connectivity index (χ2n) is 4.80. The number of hydrogen-bond donors (Lipinski definition) is 1. The van der Waals surface area contributed by atoms with Gasteiger partial charge in [-0.1, -0.05) is 18.5 Å². The number of halogens is 1. The van der Waals surface area contributed by atoms with Crippen LogP contribution in [0.25, 0.3) is 10.9 Å². The summed E-state index contributed by atoms with van der Waals surface area (Å²) in [5, 5.41) is 1.92. The van der Waals surface area contributed by atoms with Crippen LogP contribution in [0.5, 0.6) is 0 Å². The van der Waals surface area contributed by atoms with Crippen LogP contribution in [-0.2, 0) is 6.54 Å². The smallest absolute Gasteiger partial charge is 0.0639 e. The van der Waals surface area contributed by atoms with Gasteiger partial charge in [0, 0.05) is 41.1 Å². The number of anilines is 1. The molecular weight excluding hydrogens is 302 g/mol. The molecule has 0 radical (unpaired) electrons. The molecule has 2 N–H and O–H groups in total. The highest BCUT2D eigenvalue weighted by molar-refractivity contribution is 7.99. The Kier molecular flexibility index (Phi) is 4.08. The average Bonchev–Trinajstić information content (AvgIpc) is 2.85. The maximum absolute atomic E-state index is 6.20. The second-order valence-corrected chi connectivity index (χ2v) is 6.51. The number of nitrogen functional groups attached to an aromatic ring is 1. The summed E-state index contributed by atoms with van der Waals surface area (Å²) in [6, 6.07) is 8.15. The lowest BCUT2D eigenvalue weighted by molar-refractivity contribution is 0.835.